The Bertz CT molecular complexity index is 821. The van der Waals surface area contributed by atoms with Gasteiger partial charge in [-0.1, -0.05) is 0 Å². The van der Waals surface area contributed by atoms with Crippen molar-refractivity contribution in [3.63, 3.8) is 0 Å². The summed E-state index contributed by atoms with van der Waals surface area (Å²) in [5, 5.41) is 3.34. The minimum atomic E-state index is -0.328. The molecule has 0 spiro atoms. The molecule has 0 aromatic carbocycles. The van der Waals surface area contributed by atoms with Crippen molar-refractivity contribution < 1.29 is 9.53 Å². The third-order valence-electron chi connectivity index (χ3n) is 4.55. The average Bonchev–Trinajstić information content (AvgIpc) is 2.91. The number of pyridine rings is 1. The fourth-order valence-corrected chi connectivity index (χ4v) is 3.08. The van der Waals surface area contributed by atoms with Gasteiger partial charge in [0.15, 0.2) is 0 Å². The molecule has 3 rings (SSSR count). The molecule has 1 amide bonds. The molecule has 1 atom stereocenters. The van der Waals surface area contributed by atoms with E-state index in [1.807, 2.05) is 12.1 Å². The number of hydrogen-bond donors (Lipinski definition) is 1. The molecule has 0 unspecified atom stereocenters. The maximum Gasteiger partial charge on any atom is 0.409 e. The van der Waals surface area contributed by atoms with E-state index >= 15 is 0 Å². The van der Waals surface area contributed by atoms with Crippen LogP contribution < -0.4 is 10.9 Å². The number of aromatic nitrogens is 3. The molecule has 2 aromatic heterocycles. The van der Waals surface area contributed by atoms with Crippen molar-refractivity contribution in [3.8, 4) is 11.3 Å². The summed E-state index contributed by atoms with van der Waals surface area (Å²) < 4.78 is 6.33. The molecule has 2 aromatic rings. The van der Waals surface area contributed by atoms with E-state index in [0.717, 1.165) is 24.8 Å². The van der Waals surface area contributed by atoms with Gasteiger partial charge in [0, 0.05) is 50.2 Å². The quantitative estimate of drug-likeness (QED) is 0.902. The fourth-order valence-electron chi connectivity index (χ4n) is 3.08. The van der Waals surface area contributed by atoms with Gasteiger partial charge in [-0.15, -0.1) is 0 Å². The molecule has 8 heteroatoms. The number of carbonyl (C=O) groups is 1. The molecule has 138 valence electrons. The molecular formula is C18H23N5O3. The van der Waals surface area contributed by atoms with Crippen LogP contribution in [-0.2, 0) is 11.8 Å². The van der Waals surface area contributed by atoms with Gasteiger partial charge in [0.25, 0.3) is 5.56 Å². The molecule has 1 aliphatic rings. The van der Waals surface area contributed by atoms with Gasteiger partial charge in [-0.05, 0) is 31.4 Å². The van der Waals surface area contributed by atoms with Crippen molar-refractivity contribution in [1.29, 1.82) is 0 Å². The SMILES string of the molecule is COC(=O)N1CCCC[C@@H](Nc2nc(-c3ccncc3)cc(=O)n2C)C1. The lowest BCUT2D eigenvalue weighted by Gasteiger charge is -2.25. The Hall–Kier alpha value is -2.90. The molecular weight excluding hydrogens is 334 g/mol. The first-order chi connectivity index (χ1) is 12.6. The number of rotatable bonds is 3. The molecule has 26 heavy (non-hydrogen) atoms. The number of nitrogens with one attached hydrogen (secondary N) is 1. The standard InChI is InChI=1S/C18H23N5O3/c1-22-16(24)11-15(13-6-8-19-9-7-13)21-17(22)20-14-5-3-4-10-23(12-14)18(25)26-2/h6-9,11,14H,3-5,10,12H2,1-2H3,(H,20,21)/t14-/m1/s1. The molecule has 0 saturated carbocycles. The van der Waals surface area contributed by atoms with E-state index in [2.05, 4.69) is 15.3 Å². The lowest BCUT2D eigenvalue weighted by atomic mass is 10.1. The Labute approximate surface area is 151 Å². The summed E-state index contributed by atoms with van der Waals surface area (Å²) in [5.74, 6) is 0.487. The lowest BCUT2D eigenvalue weighted by Crippen LogP contribution is -2.40. The summed E-state index contributed by atoms with van der Waals surface area (Å²) in [6.45, 7) is 1.19. The summed E-state index contributed by atoms with van der Waals surface area (Å²) >= 11 is 0. The summed E-state index contributed by atoms with van der Waals surface area (Å²) in [4.78, 5) is 34.5. The first-order valence-corrected chi connectivity index (χ1v) is 8.66. The van der Waals surface area contributed by atoms with E-state index in [9.17, 15) is 9.59 Å². The second-order valence-corrected chi connectivity index (χ2v) is 6.35. The zero-order valence-corrected chi connectivity index (χ0v) is 15.0. The van der Waals surface area contributed by atoms with Crippen LogP contribution in [0.2, 0.25) is 0 Å². The van der Waals surface area contributed by atoms with E-state index in [4.69, 9.17) is 4.74 Å². The van der Waals surface area contributed by atoms with Crippen molar-refractivity contribution in [3.05, 3.63) is 40.9 Å². The van der Waals surface area contributed by atoms with Gasteiger partial charge >= 0.3 is 6.09 Å². The third kappa shape index (κ3) is 4.01. The van der Waals surface area contributed by atoms with Gasteiger partial charge in [0.2, 0.25) is 5.95 Å². The van der Waals surface area contributed by atoms with Crippen LogP contribution in [0.25, 0.3) is 11.3 Å². The molecule has 1 aliphatic heterocycles. The number of ether oxygens (including phenoxy) is 1. The Balaban J connectivity index is 1.85. The maximum atomic E-state index is 12.3. The van der Waals surface area contributed by atoms with Crippen LogP contribution in [0.15, 0.2) is 35.4 Å². The van der Waals surface area contributed by atoms with Crippen LogP contribution >= 0.6 is 0 Å². The monoisotopic (exact) mass is 357 g/mol. The van der Waals surface area contributed by atoms with Crippen LogP contribution in [0.5, 0.6) is 0 Å². The van der Waals surface area contributed by atoms with Crippen molar-refractivity contribution in [2.45, 2.75) is 25.3 Å². The number of likely N-dealkylation sites (tertiary alicyclic amines) is 1. The van der Waals surface area contributed by atoms with Crippen LogP contribution in [0.4, 0.5) is 10.7 Å². The lowest BCUT2D eigenvalue weighted by molar-refractivity contribution is 0.124. The van der Waals surface area contributed by atoms with Gasteiger partial charge in [-0.2, -0.15) is 0 Å². The highest BCUT2D eigenvalue weighted by atomic mass is 16.5. The second-order valence-electron chi connectivity index (χ2n) is 6.35. The van der Waals surface area contributed by atoms with Crippen molar-refractivity contribution in [2.75, 3.05) is 25.5 Å². The van der Waals surface area contributed by atoms with Gasteiger partial charge < -0.3 is 15.0 Å². The van der Waals surface area contributed by atoms with Crippen LogP contribution in [0.3, 0.4) is 0 Å². The molecule has 1 saturated heterocycles. The first-order valence-electron chi connectivity index (χ1n) is 8.66. The molecule has 1 N–H and O–H groups in total. The number of amides is 1. The highest BCUT2D eigenvalue weighted by Gasteiger charge is 2.23. The van der Waals surface area contributed by atoms with E-state index < -0.39 is 0 Å². The van der Waals surface area contributed by atoms with E-state index in [-0.39, 0.29) is 17.7 Å². The molecule has 0 radical (unpaired) electrons. The van der Waals surface area contributed by atoms with Gasteiger partial charge in [0.1, 0.15) is 0 Å². The van der Waals surface area contributed by atoms with E-state index in [1.54, 1.807) is 24.3 Å². The zero-order valence-electron chi connectivity index (χ0n) is 15.0. The topological polar surface area (TPSA) is 89.3 Å². The molecule has 0 bridgehead atoms. The van der Waals surface area contributed by atoms with Gasteiger partial charge in [0.05, 0.1) is 12.8 Å². The second kappa shape index (κ2) is 7.99. The minimum Gasteiger partial charge on any atom is -0.453 e. The molecule has 8 nitrogen and oxygen atoms in total. The zero-order chi connectivity index (χ0) is 18.5. The van der Waals surface area contributed by atoms with Gasteiger partial charge in [-0.25, -0.2) is 9.78 Å². The first kappa shape index (κ1) is 17.9. The van der Waals surface area contributed by atoms with Crippen molar-refractivity contribution in [2.24, 2.45) is 7.05 Å². The number of anilines is 1. The van der Waals surface area contributed by atoms with Crippen molar-refractivity contribution >= 4 is 12.0 Å². The molecule has 3 heterocycles. The Morgan fingerprint density at radius 2 is 2.08 bits per heavy atom. The summed E-state index contributed by atoms with van der Waals surface area (Å²) in [6.07, 6.45) is 5.82. The smallest absolute Gasteiger partial charge is 0.409 e. The Morgan fingerprint density at radius 3 is 2.81 bits per heavy atom. The number of methoxy groups -OCH3 is 1. The van der Waals surface area contributed by atoms with E-state index in [0.29, 0.717) is 24.7 Å². The predicted molar refractivity (Wildman–Crippen MR) is 97.9 cm³/mol. The van der Waals surface area contributed by atoms with E-state index in [1.165, 1.54) is 17.7 Å². The van der Waals surface area contributed by atoms with Crippen LogP contribution in [0.1, 0.15) is 19.3 Å². The third-order valence-corrected chi connectivity index (χ3v) is 4.55. The fraction of sp³-hybridized carbons (Fsp3) is 0.444. The van der Waals surface area contributed by atoms with Crippen LogP contribution in [-0.4, -0.2) is 51.8 Å². The Kier molecular flexibility index (Phi) is 5.50. The normalized spacial score (nSPS) is 17.5. The minimum absolute atomic E-state index is 0.00221. The molecule has 0 aliphatic carbocycles. The average molecular weight is 357 g/mol. The number of hydrogen-bond acceptors (Lipinski definition) is 6. The van der Waals surface area contributed by atoms with Crippen molar-refractivity contribution in [1.82, 2.24) is 19.4 Å². The summed E-state index contributed by atoms with van der Waals surface area (Å²) in [5.41, 5.74) is 1.28. The number of carbonyl (C=O) groups excluding carboxylic acids is 1. The Morgan fingerprint density at radius 1 is 1.31 bits per heavy atom. The summed E-state index contributed by atoms with van der Waals surface area (Å²) in [6, 6.07) is 5.14. The largest absolute Gasteiger partial charge is 0.453 e. The summed E-state index contributed by atoms with van der Waals surface area (Å²) in [7, 11) is 3.07. The van der Waals surface area contributed by atoms with Crippen LogP contribution in [0, 0.1) is 0 Å². The molecule has 1 fully saturated rings. The maximum absolute atomic E-state index is 12.3. The highest BCUT2D eigenvalue weighted by Crippen LogP contribution is 2.18. The highest BCUT2D eigenvalue weighted by molar-refractivity contribution is 5.67. The number of nitrogens with zero attached hydrogens (tertiary/aromatic N) is 4. The van der Waals surface area contributed by atoms with Gasteiger partial charge in [-0.3, -0.25) is 14.3 Å². The predicted octanol–water partition coefficient (Wildman–Crippen LogP) is 1.88.